The summed E-state index contributed by atoms with van der Waals surface area (Å²) in [6.07, 6.45) is 3.53. The molecule has 0 bridgehead atoms. The van der Waals surface area contributed by atoms with E-state index in [9.17, 15) is 14.0 Å². The normalized spacial score (nSPS) is 10.7. The minimum atomic E-state index is -0.264. The van der Waals surface area contributed by atoms with Crippen LogP contribution in [0.1, 0.15) is 21.5 Å². The summed E-state index contributed by atoms with van der Waals surface area (Å²) in [5, 5.41) is 2.72. The standard InChI is InChI=1S/C20H21FN2O2/c1-23(2)20(25)17-10-7-15(8-11-17)9-12-19(24)22-14-13-16-5-3-4-6-18(16)21/h3-12H,13-14H2,1-2H3,(H,22,24)/b12-9+. The number of hydrogen-bond acceptors (Lipinski definition) is 2. The summed E-state index contributed by atoms with van der Waals surface area (Å²) in [6.45, 7) is 0.361. The molecule has 0 radical (unpaired) electrons. The summed E-state index contributed by atoms with van der Waals surface area (Å²) >= 11 is 0. The van der Waals surface area contributed by atoms with Gasteiger partial charge in [0.1, 0.15) is 5.82 Å². The van der Waals surface area contributed by atoms with E-state index < -0.39 is 0 Å². The van der Waals surface area contributed by atoms with Crippen molar-refractivity contribution in [3.05, 3.63) is 77.1 Å². The highest BCUT2D eigenvalue weighted by atomic mass is 19.1. The van der Waals surface area contributed by atoms with Crippen molar-refractivity contribution < 1.29 is 14.0 Å². The zero-order valence-electron chi connectivity index (χ0n) is 14.3. The van der Waals surface area contributed by atoms with Gasteiger partial charge in [0.15, 0.2) is 0 Å². The van der Waals surface area contributed by atoms with E-state index in [0.29, 0.717) is 24.1 Å². The van der Waals surface area contributed by atoms with Crippen LogP contribution < -0.4 is 5.32 Å². The third-order valence-electron chi connectivity index (χ3n) is 3.64. The van der Waals surface area contributed by atoms with Gasteiger partial charge in [-0.25, -0.2) is 4.39 Å². The lowest BCUT2D eigenvalue weighted by Gasteiger charge is -2.09. The van der Waals surface area contributed by atoms with E-state index in [2.05, 4.69) is 5.32 Å². The number of nitrogens with one attached hydrogen (secondary N) is 1. The Morgan fingerprint density at radius 2 is 1.76 bits per heavy atom. The van der Waals surface area contributed by atoms with Gasteiger partial charge in [0.05, 0.1) is 0 Å². The third kappa shape index (κ3) is 5.57. The first-order valence-corrected chi connectivity index (χ1v) is 7.98. The third-order valence-corrected chi connectivity index (χ3v) is 3.64. The highest BCUT2D eigenvalue weighted by Gasteiger charge is 2.06. The van der Waals surface area contributed by atoms with Crippen molar-refractivity contribution in [3.8, 4) is 0 Å². The van der Waals surface area contributed by atoms with Crippen LogP contribution in [-0.2, 0) is 11.2 Å². The van der Waals surface area contributed by atoms with Crippen LogP contribution in [-0.4, -0.2) is 37.4 Å². The van der Waals surface area contributed by atoms with Crippen molar-refractivity contribution in [2.75, 3.05) is 20.6 Å². The van der Waals surface area contributed by atoms with Crippen molar-refractivity contribution in [1.82, 2.24) is 10.2 Å². The van der Waals surface area contributed by atoms with E-state index in [4.69, 9.17) is 0 Å². The van der Waals surface area contributed by atoms with Gasteiger partial charge in [0.2, 0.25) is 5.91 Å². The Hall–Kier alpha value is -2.95. The molecule has 0 saturated heterocycles. The lowest BCUT2D eigenvalue weighted by Crippen LogP contribution is -2.23. The number of amides is 2. The molecule has 0 aromatic heterocycles. The second-order valence-electron chi connectivity index (χ2n) is 5.79. The van der Waals surface area contributed by atoms with Crippen LogP contribution in [0.2, 0.25) is 0 Å². The van der Waals surface area contributed by atoms with E-state index >= 15 is 0 Å². The smallest absolute Gasteiger partial charge is 0.253 e. The fraction of sp³-hybridized carbons (Fsp3) is 0.200. The van der Waals surface area contributed by atoms with Crippen molar-refractivity contribution in [2.45, 2.75) is 6.42 Å². The van der Waals surface area contributed by atoms with Crippen molar-refractivity contribution in [2.24, 2.45) is 0 Å². The average molecular weight is 340 g/mol. The van der Waals surface area contributed by atoms with Crippen LogP contribution in [0.25, 0.3) is 6.08 Å². The molecule has 0 aliphatic rings. The van der Waals surface area contributed by atoms with E-state index in [1.807, 2.05) is 0 Å². The Balaban J connectivity index is 1.84. The molecule has 0 aliphatic carbocycles. The molecule has 0 unspecified atom stereocenters. The first-order valence-electron chi connectivity index (χ1n) is 7.98. The fourth-order valence-corrected chi connectivity index (χ4v) is 2.25. The molecular weight excluding hydrogens is 319 g/mol. The predicted octanol–water partition coefficient (Wildman–Crippen LogP) is 2.90. The van der Waals surface area contributed by atoms with Crippen molar-refractivity contribution in [1.29, 1.82) is 0 Å². The first-order chi connectivity index (χ1) is 12.0. The van der Waals surface area contributed by atoms with Crippen LogP contribution >= 0.6 is 0 Å². The summed E-state index contributed by atoms with van der Waals surface area (Å²) in [4.78, 5) is 25.1. The Bertz CT molecular complexity index is 768. The molecule has 0 aliphatic heterocycles. The predicted molar refractivity (Wildman–Crippen MR) is 96.6 cm³/mol. The summed E-state index contributed by atoms with van der Waals surface area (Å²) in [5.74, 6) is -0.578. The highest BCUT2D eigenvalue weighted by Crippen LogP contribution is 2.08. The van der Waals surface area contributed by atoms with Gasteiger partial charge in [-0.05, 0) is 41.8 Å². The number of hydrogen-bond donors (Lipinski definition) is 1. The number of benzene rings is 2. The van der Waals surface area contributed by atoms with Crippen molar-refractivity contribution in [3.63, 3.8) is 0 Å². The largest absolute Gasteiger partial charge is 0.352 e. The number of halogens is 1. The molecule has 4 nitrogen and oxygen atoms in total. The first kappa shape index (κ1) is 18.4. The molecule has 0 fully saturated rings. The molecular formula is C20H21FN2O2. The molecule has 130 valence electrons. The van der Waals surface area contributed by atoms with Gasteiger partial charge in [0.25, 0.3) is 5.91 Å². The molecule has 0 saturated carbocycles. The van der Waals surface area contributed by atoms with Crippen molar-refractivity contribution >= 4 is 17.9 Å². The van der Waals surface area contributed by atoms with Gasteiger partial charge in [-0.2, -0.15) is 0 Å². The van der Waals surface area contributed by atoms with Gasteiger partial charge < -0.3 is 10.2 Å². The maximum absolute atomic E-state index is 13.5. The average Bonchev–Trinajstić information content (AvgIpc) is 2.61. The summed E-state index contributed by atoms with van der Waals surface area (Å²) in [5.41, 5.74) is 1.99. The van der Waals surface area contributed by atoms with Gasteiger partial charge in [-0.3, -0.25) is 9.59 Å². The second-order valence-corrected chi connectivity index (χ2v) is 5.79. The Morgan fingerprint density at radius 1 is 1.08 bits per heavy atom. The number of carbonyl (C=O) groups is 2. The van der Waals surface area contributed by atoms with Gasteiger partial charge in [0, 0.05) is 32.3 Å². The molecule has 2 aromatic carbocycles. The summed E-state index contributed by atoms with van der Waals surface area (Å²) in [7, 11) is 3.39. The minimum absolute atomic E-state index is 0.0681. The minimum Gasteiger partial charge on any atom is -0.352 e. The second kappa shape index (κ2) is 8.78. The van der Waals surface area contributed by atoms with Gasteiger partial charge in [-0.1, -0.05) is 30.3 Å². The molecule has 2 rings (SSSR count). The molecule has 5 heteroatoms. The molecule has 0 atom stereocenters. The van der Waals surface area contributed by atoms with Crippen LogP contribution in [0.15, 0.2) is 54.6 Å². The number of rotatable bonds is 6. The van der Waals surface area contributed by atoms with E-state index in [0.717, 1.165) is 5.56 Å². The van der Waals surface area contributed by atoms with Crippen LogP contribution in [0, 0.1) is 5.82 Å². The number of carbonyl (C=O) groups excluding carboxylic acids is 2. The maximum Gasteiger partial charge on any atom is 0.253 e. The van der Waals surface area contributed by atoms with E-state index in [1.54, 1.807) is 62.6 Å². The molecule has 2 amide bonds. The molecule has 2 aromatic rings. The monoisotopic (exact) mass is 340 g/mol. The SMILES string of the molecule is CN(C)C(=O)c1ccc(/C=C/C(=O)NCCc2ccccc2F)cc1. The Morgan fingerprint density at radius 3 is 2.40 bits per heavy atom. The Labute approximate surface area is 147 Å². The highest BCUT2D eigenvalue weighted by molar-refractivity contribution is 5.94. The maximum atomic E-state index is 13.5. The van der Waals surface area contributed by atoms with Gasteiger partial charge >= 0.3 is 0 Å². The van der Waals surface area contributed by atoms with Crippen LogP contribution in [0.4, 0.5) is 4.39 Å². The molecule has 0 heterocycles. The Kier molecular flexibility index (Phi) is 6.46. The molecule has 0 spiro atoms. The van der Waals surface area contributed by atoms with E-state index in [-0.39, 0.29) is 17.6 Å². The zero-order valence-corrected chi connectivity index (χ0v) is 14.3. The lowest BCUT2D eigenvalue weighted by atomic mass is 10.1. The van der Waals surface area contributed by atoms with E-state index in [1.165, 1.54) is 17.0 Å². The zero-order chi connectivity index (χ0) is 18.2. The lowest BCUT2D eigenvalue weighted by molar-refractivity contribution is -0.116. The molecule has 25 heavy (non-hydrogen) atoms. The van der Waals surface area contributed by atoms with Gasteiger partial charge in [-0.15, -0.1) is 0 Å². The van der Waals surface area contributed by atoms with Crippen LogP contribution in [0.3, 0.4) is 0 Å². The summed E-state index contributed by atoms with van der Waals surface area (Å²) < 4.78 is 13.5. The number of nitrogens with zero attached hydrogens (tertiary/aromatic N) is 1. The fourth-order valence-electron chi connectivity index (χ4n) is 2.25. The van der Waals surface area contributed by atoms with Crippen LogP contribution in [0.5, 0.6) is 0 Å². The molecule has 1 N–H and O–H groups in total. The quantitative estimate of drug-likeness (QED) is 0.822. The summed E-state index contributed by atoms with van der Waals surface area (Å²) in [6, 6.07) is 13.5. The topological polar surface area (TPSA) is 49.4 Å².